The molecule has 0 saturated carbocycles. The van der Waals surface area contributed by atoms with E-state index in [0.717, 1.165) is 10.1 Å². The van der Waals surface area contributed by atoms with Crippen LogP contribution in [0.15, 0.2) is 50.6 Å². The van der Waals surface area contributed by atoms with Crippen LogP contribution in [0.4, 0.5) is 0 Å². The van der Waals surface area contributed by atoms with Gasteiger partial charge in [-0.05, 0) is 23.7 Å². The van der Waals surface area contributed by atoms with E-state index in [2.05, 4.69) is 9.97 Å². The highest BCUT2D eigenvalue weighted by molar-refractivity contribution is 6.29. The van der Waals surface area contributed by atoms with Crippen LogP contribution in [-0.2, 0) is 20.6 Å². The highest BCUT2D eigenvalue weighted by Crippen LogP contribution is 2.21. The lowest BCUT2D eigenvalue weighted by Gasteiger charge is -2.05. The first-order valence-electron chi connectivity index (χ1n) is 7.79. The third kappa shape index (κ3) is 2.46. The molecule has 0 bridgehead atoms. The Kier molecular flexibility index (Phi) is 3.77. The lowest BCUT2D eigenvalue weighted by molar-refractivity contribution is 0.571. The third-order valence-electron chi connectivity index (χ3n) is 4.19. The Balaban J connectivity index is 1.82. The molecule has 0 fully saturated rings. The Morgan fingerprint density at radius 3 is 2.54 bits per heavy atom. The van der Waals surface area contributed by atoms with E-state index in [9.17, 15) is 9.59 Å². The number of halogens is 1. The van der Waals surface area contributed by atoms with E-state index in [1.54, 1.807) is 7.05 Å². The van der Waals surface area contributed by atoms with Gasteiger partial charge in [-0.2, -0.15) is 4.98 Å². The predicted molar refractivity (Wildman–Crippen MR) is 96.3 cm³/mol. The number of aromatic nitrogens is 5. The second kappa shape index (κ2) is 5.99. The van der Waals surface area contributed by atoms with Gasteiger partial charge < -0.3 is 8.98 Å². The summed E-state index contributed by atoms with van der Waals surface area (Å²) in [7, 11) is 2.96. The zero-order valence-corrected chi connectivity index (χ0v) is 14.8. The highest BCUT2D eigenvalue weighted by atomic mass is 35.5. The second-order valence-electron chi connectivity index (χ2n) is 5.85. The van der Waals surface area contributed by atoms with Gasteiger partial charge in [-0.25, -0.2) is 9.78 Å². The van der Waals surface area contributed by atoms with Crippen LogP contribution in [0.5, 0.6) is 0 Å². The molecule has 132 valence electrons. The van der Waals surface area contributed by atoms with Gasteiger partial charge in [0.15, 0.2) is 11.2 Å². The van der Waals surface area contributed by atoms with Crippen molar-refractivity contribution in [1.82, 2.24) is 23.7 Å². The van der Waals surface area contributed by atoms with Crippen LogP contribution in [0.3, 0.4) is 0 Å². The number of rotatable bonds is 3. The number of hydrogen-bond acceptors (Lipinski definition) is 5. The van der Waals surface area contributed by atoms with Gasteiger partial charge in [-0.1, -0.05) is 18.2 Å². The number of aryl methyl sites for hydroxylation is 1. The molecule has 0 aliphatic rings. The third-order valence-corrected chi connectivity index (χ3v) is 4.48. The van der Waals surface area contributed by atoms with Crippen LogP contribution in [0, 0.1) is 0 Å². The Labute approximate surface area is 151 Å². The molecule has 0 spiro atoms. The maximum Gasteiger partial charge on any atom is 0.332 e. The molecule has 0 aliphatic heterocycles. The van der Waals surface area contributed by atoms with E-state index in [0.29, 0.717) is 11.6 Å². The molecule has 8 nitrogen and oxygen atoms in total. The number of nitrogens with zero attached hydrogens (tertiary/aromatic N) is 5. The molecular formula is C17H14ClN5O3. The first-order valence-corrected chi connectivity index (χ1v) is 8.16. The normalized spacial score (nSPS) is 11.3. The molecule has 3 aromatic heterocycles. The van der Waals surface area contributed by atoms with Crippen LogP contribution in [0.25, 0.3) is 22.6 Å². The Hall–Kier alpha value is -3.13. The van der Waals surface area contributed by atoms with Crippen LogP contribution in [0.2, 0.25) is 5.28 Å². The van der Waals surface area contributed by atoms with Crippen LogP contribution in [0.1, 0.15) is 5.69 Å². The molecule has 0 radical (unpaired) electrons. The summed E-state index contributed by atoms with van der Waals surface area (Å²) >= 11 is 6.22. The number of imidazole rings is 1. The summed E-state index contributed by atoms with van der Waals surface area (Å²) in [4.78, 5) is 33.2. The average molecular weight is 372 g/mol. The van der Waals surface area contributed by atoms with Crippen molar-refractivity contribution < 1.29 is 4.42 Å². The van der Waals surface area contributed by atoms with E-state index < -0.39 is 11.2 Å². The zero-order valence-electron chi connectivity index (χ0n) is 14.0. The van der Waals surface area contributed by atoms with E-state index >= 15 is 0 Å². The van der Waals surface area contributed by atoms with Crippen LogP contribution >= 0.6 is 11.6 Å². The Morgan fingerprint density at radius 2 is 1.81 bits per heavy atom. The van der Waals surface area contributed by atoms with E-state index in [1.165, 1.54) is 22.4 Å². The van der Waals surface area contributed by atoms with E-state index in [4.69, 9.17) is 16.0 Å². The van der Waals surface area contributed by atoms with Gasteiger partial charge in [0, 0.05) is 19.7 Å². The van der Waals surface area contributed by atoms with Crippen molar-refractivity contribution in [3.05, 3.63) is 68.4 Å². The minimum absolute atomic E-state index is 0.0996. The molecule has 0 amide bonds. The number of oxazole rings is 1. The fraction of sp³-hybridized carbons (Fsp3) is 0.176. The monoisotopic (exact) mass is 371 g/mol. The zero-order chi connectivity index (χ0) is 18.4. The summed E-state index contributed by atoms with van der Waals surface area (Å²) in [5.41, 5.74) is 0.976. The van der Waals surface area contributed by atoms with Crippen molar-refractivity contribution in [2.45, 2.75) is 6.54 Å². The molecule has 9 heteroatoms. The Morgan fingerprint density at radius 1 is 1.08 bits per heavy atom. The minimum Gasteiger partial charge on any atom is -0.444 e. The smallest absolute Gasteiger partial charge is 0.332 e. The van der Waals surface area contributed by atoms with Crippen molar-refractivity contribution >= 4 is 22.8 Å². The summed E-state index contributed by atoms with van der Waals surface area (Å²) in [6.45, 7) is 0.194. The summed E-state index contributed by atoms with van der Waals surface area (Å²) in [5, 5.41) is 0.0996. The van der Waals surface area contributed by atoms with Crippen molar-refractivity contribution in [3.8, 4) is 11.5 Å². The van der Waals surface area contributed by atoms with Crippen molar-refractivity contribution in [2.75, 3.05) is 0 Å². The van der Waals surface area contributed by atoms with Gasteiger partial charge in [0.1, 0.15) is 6.26 Å². The predicted octanol–water partition coefficient (Wildman–Crippen LogP) is 1.79. The summed E-state index contributed by atoms with van der Waals surface area (Å²) in [6, 6.07) is 9.47. The van der Waals surface area contributed by atoms with Gasteiger partial charge >= 0.3 is 5.69 Å². The molecule has 4 aromatic rings. The summed E-state index contributed by atoms with van der Waals surface area (Å²) in [6.07, 6.45) is 1.51. The van der Waals surface area contributed by atoms with Crippen LogP contribution < -0.4 is 11.2 Å². The van der Waals surface area contributed by atoms with Gasteiger partial charge in [0.25, 0.3) is 5.56 Å². The second-order valence-corrected chi connectivity index (χ2v) is 6.19. The first kappa shape index (κ1) is 16.3. The molecule has 3 heterocycles. The standard InChI is InChI=1S/C17H14ClN5O3/c1-21-13-12(15(24)22(2)17(21)25)23(16(18)20-13)8-11-9-26-14(19-11)10-6-4-3-5-7-10/h3-7,9H,8H2,1-2H3. The topological polar surface area (TPSA) is 87.8 Å². The first-order chi connectivity index (χ1) is 12.5. The van der Waals surface area contributed by atoms with Gasteiger partial charge in [0.2, 0.25) is 11.2 Å². The number of hydrogen-bond donors (Lipinski definition) is 0. The summed E-state index contributed by atoms with van der Waals surface area (Å²) in [5.74, 6) is 0.474. The lowest BCUT2D eigenvalue weighted by atomic mass is 10.2. The number of benzene rings is 1. The molecule has 0 atom stereocenters. The Bertz CT molecular complexity index is 1230. The van der Waals surface area contributed by atoms with Crippen molar-refractivity contribution in [2.24, 2.45) is 14.1 Å². The fourth-order valence-corrected chi connectivity index (χ4v) is 3.04. The highest BCUT2D eigenvalue weighted by Gasteiger charge is 2.19. The number of fused-ring (bicyclic) bond motifs is 1. The van der Waals surface area contributed by atoms with E-state index in [1.807, 2.05) is 30.3 Å². The SMILES string of the molecule is Cn1c(=O)c2c(nc(Cl)n2Cc2coc(-c3ccccc3)n2)n(C)c1=O. The van der Waals surface area contributed by atoms with Crippen molar-refractivity contribution in [1.29, 1.82) is 0 Å². The largest absolute Gasteiger partial charge is 0.444 e. The summed E-state index contributed by atoms with van der Waals surface area (Å²) < 4.78 is 9.35. The average Bonchev–Trinajstić information content (AvgIpc) is 3.25. The molecule has 4 rings (SSSR count). The minimum atomic E-state index is -0.464. The molecule has 0 N–H and O–H groups in total. The van der Waals surface area contributed by atoms with E-state index in [-0.39, 0.29) is 23.0 Å². The molecule has 0 saturated heterocycles. The quantitative estimate of drug-likeness (QED) is 0.512. The molecule has 26 heavy (non-hydrogen) atoms. The molecule has 0 aliphatic carbocycles. The maximum absolute atomic E-state index is 12.5. The van der Waals surface area contributed by atoms with Crippen molar-refractivity contribution in [3.63, 3.8) is 0 Å². The van der Waals surface area contributed by atoms with Gasteiger partial charge in [-0.15, -0.1) is 0 Å². The molecule has 1 aromatic carbocycles. The lowest BCUT2D eigenvalue weighted by Crippen LogP contribution is -2.37. The maximum atomic E-state index is 12.5. The van der Waals surface area contributed by atoms with Gasteiger partial charge in [-0.3, -0.25) is 13.9 Å². The molecule has 0 unspecified atom stereocenters. The molecular weight excluding hydrogens is 358 g/mol. The van der Waals surface area contributed by atoms with Gasteiger partial charge in [0.05, 0.1) is 12.2 Å². The fourth-order valence-electron chi connectivity index (χ4n) is 2.82. The van der Waals surface area contributed by atoms with Crippen LogP contribution in [-0.4, -0.2) is 23.7 Å².